The lowest BCUT2D eigenvalue weighted by molar-refractivity contribution is -0.147. The molecule has 0 saturated carbocycles. The van der Waals surface area contributed by atoms with E-state index >= 15 is 0 Å². The van der Waals surface area contributed by atoms with Crippen molar-refractivity contribution in [3.05, 3.63) is 59.2 Å². The number of rotatable bonds is 11. The number of aromatic amines is 2. The largest absolute Gasteiger partial charge is 0.461 e. The molecule has 2 aromatic heterocycles. The average Bonchev–Trinajstić information content (AvgIpc) is 3.86. The van der Waals surface area contributed by atoms with Gasteiger partial charge in [0.25, 0.3) is 0 Å². The summed E-state index contributed by atoms with van der Waals surface area (Å²) in [5, 5.41) is 1.44. The van der Waals surface area contributed by atoms with E-state index in [-0.39, 0.29) is 24.9 Å². The zero-order valence-corrected chi connectivity index (χ0v) is 29.8. The highest BCUT2D eigenvalue weighted by Crippen LogP contribution is 2.40. The fourth-order valence-electron chi connectivity index (χ4n) is 7.87. The first-order valence-electron chi connectivity index (χ1n) is 17.8. The number of nitrogens with one attached hydrogen (secondary N) is 2. The number of hydrogen-bond donors (Lipinski definition) is 4. The summed E-state index contributed by atoms with van der Waals surface area (Å²) in [5.74, 6) is -2.31. The second-order valence-corrected chi connectivity index (χ2v) is 14.0. The van der Waals surface area contributed by atoms with E-state index in [0.717, 1.165) is 21.9 Å². The minimum Gasteiger partial charge on any atom is -0.461 e. The van der Waals surface area contributed by atoms with E-state index in [1.807, 2.05) is 13.8 Å². The number of aromatic nitrogens is 2. The minimum absolute atomic E-state index is 0.189. The lowest BCUT2D eigenvalue weighted by Crippen LogP contribution is -2.46. The van der Waals surface area contributed by atoms with Crippen LogP contribution in [0.4, 0.5) is 8.78 Å². The molecule has 6 rings (SSSR count). The number of fused-ring (bicyclic) bond motifs is 2. The molecule has 12 nitrogen and oxygen atoms in total. The molecular weight excluding hydrogens is 674 g/mol. The van der Waals surface area contributed by atoms with Crippen LogP contribution in [0.3, 0.4) is 0 Å². The van der Waals surface area contributed by atoms with Crippen molar-refractivity contribution < 1.29 is 37.4 Å². The lowest BCUT2D eigenvalue weighted by atomic mass is 9.94. The van der Waals surface area contributed by atoms with Crippen LogP contribution in [0.15, 0.2) is 36.4 Å². The van der Waals surface area contributed by atoms with Crippen LogP contribution in [-0.4, -0.2) is 93.0 Å². The molecule has 52 heavy (non-hydrogen) atoms. The maximum Gasteiger partial charge on any atom is 0.302 e. The molecule has 0 aliphatic carbocycles. The molecule has 278 valence electrons. The Morgan fingerprint density at radius 1 is 0.731 bits per heavy atom. The van der Waals surface area contributed by atoms with Gasteiger partial charge in [-0.2, -0.15) is 0 Å². The van der Waals surface area contributed by atoms with Crippen molar-refractivity contribution in [3.63, 3.8) is 0 Å². The number of halogens is 2. The molecule has 0 spiro atoms. The number of likely N-dealkylation sites (tertiary alicyclic amines) is 2. The summed E-state index contributed by atoms with van der Waals surface area (Å²) in [7, 11) is 0. The summed E-state index contributed by atoms with van der Waals surface area (Å²) in [6, 6.07) is 6.58. The predicted molar refractivity (Wildman–Crippen MR) is 191 cm³/mol. The first-order valence-corrected chi connectivity index (χ1v) is 17.8. The van der Waals surface area contributed by atoms with E-state index in [2.05, 4.69) is 9.97 Å². The van der Waals surface area contributed by atoms with Crippen molar-refractivity contribution in [2.45, 2.75) is 103 Å². The fourth-order valence-corrected chi connectivity index (χ4v) is 7.87. The molecule has 6 atom stereocenters. The van der Waals surface area contributed by atoms with Crippen molar-refractivity contribution >= 4 is 45.6 Å². The van der Waals surface area contributed by atoms with E-state index < -0.39 is 59.9 Å². The SMILES string of the molecule is CC[C@H](N)C(=O)N1CC(OC(C)=O)C[C@H]1Cc1c(-c2[nH]c3cc(F)ccc3c2C[C@@H]2C[C@H](OC(C)=O)CN2C(=O)[C@@H](N)CC)[nH]c2cc(F)ccc12. The summed E-state index contributed by atoms with van der Waals surface area (Å²) in [5.41, 5.74) is 16.2. The third-order valence-corrected chi connectivity index (χ3v) is 10.4. The van der Waals surface area contributed by atoms with Crippen molar-refractivity contribution in [2.24, 2.45) is 11.5 Å². The van der Waals surface area contributed by atoms with Gasteiger partial charge in [0.1, 0.15) is 23.8 Å². The Balaban J connectivity index is 1.47. The molecule has 2 fully saturated rings. The van der Waals surface area contributed by atoms with Crippen LogP contribution < -0.4 is 11.5 Å². The van der Waals surface area contributed by atoms with Gasteiger partial charge in [-0.3, -0.25) is 19.2 Å². The van der Waals surface area contributed by atoms with E-state index in [9.17, 15) is 28.0 Å². The van der Waals surface area contributed by atoms with E-state index in [4.69, 9.17) is 20.9 Å². The van der Waals surface area contributed by atoms with Gasteiger partial charge in [-0.05, 0) is 73.2 Å². The molecule has 2 aliphatic rings. The third-order valence-electron chi connectivity index (χ3n) is 10.4. The minimum atomic E-state index is -0.737. The Kier molecular flexibility index (Phi) is 10.7. The number of nitrogens with zero attached hydrogens (tertiary/aromatic N) is 2. The second kappa shape index (κ2) is 15.0. The van der Waals surface area contributed by atoms with Crippen molar-refractivity contribution in [2.75, 3.05) is 13.1 Å². The van der Waals surface area contributed by atoms with Crippen LogP contribution in [0.25, 0.3) is 33.2 Å². The Bertz CT molecular complexity index is 1870. The highest BCUT2D eigenvalue weighted by Gasteiger charge is 2.41. The highest BCUT2D eigenvalue weighted by atomic mass is 19.1. The van der Waals surface area contributed by atoms with Crippen LogP contribution in [-0.2, 0) is 41.5 Å². The maximum absolute atomic E-state index is 14.7. The van der Waals surface area contributed by atoms with Gasteiger partial charge in [0.05, 0.1) is 36.6 Å². The number of hydrogen-bond acceptors (Lipinski definition) is 8. The van der Waals surface area contributed by atoms with Crippen LogP contribution >= 0.6 is 0 Å². The molecule has 14 heteroatoms. The number of carbonyl (C=O) groups is 4. The van der Waals surface area contributed by atoms with E-state index in [1.165, 1.54) is 38.1 Å². The zero-order valence-electron chi connectivity index (χ0n) is 29.8. The summed E-state index contributed by atoms with van der Waals surface area (Å²) in [6.07, 6.45) is 1.14. The number of benzene rings is 2. The maximum atomic E-state index is 14.7. The van der Waals surface area contributed by atoms with Gasteiger partial charge in [0.2, 0.25) is 11.8 Å². The Morgan fingerprint density at radius 2 is 1.12 bits per heavy atom. The van der Waals surface area contributed by atoms with Gasteiger partial charge in [0.15, 0.2) is 0 Å². The summed E-state index contributed by atoms with van der Waals surface area (Å²) < 4.78 is 40.5. The molecule has 2 aliphatic heterocycles. The molecule has 0 bridgehead atoms. The quantitative estimate of drug-likeness (QED) is 0.167. The Hall–Kier alpha value is -4.82. The number of H-pyrrole nitrogens is 2. The van der Waals surface area contributed by atoms with Crippen LogP contribution in [0, 0.1) is 11.6 Å². The number of esters is 2. The lowest BCUT2D eigenvalue weighted by Gasteiger charge is -2.27. The third kappa shape index (κ3) is 7.40. The molecule has 4 aromatic rings. The number of amides is 2. The van der Waals surface area contributed by atoms with Crippen LogP contribution in [0.5, 0.6) is 0 Å². The fraction of sp³-hybridized carbons (Fsp3) is 0.474. The monoisotopic (exact) mass is 720 g/mol. The summed E-state index contributed by atoms with van der Waals surface area (Å²) in [4.78, 5) is 61.1. The molecule has 2 amide bonds. The molecule has 2 saturated heterocycles. The molecule has 0 radical (unpaired) electrons. The first-order chi connectivity index (χ1) is 24.8. The van der Waals surface area contributed by atoms with Crippen molar-refractivity contribution in [1.29, 1.82) is 0 Å². The normalized spacial score (nSPS) is 21.5. The zero-order chi connectivity index (χ0) is 37.4. The molecule has 1 unspecified atom stereocenters. The van der Waals surface area contributed by atoms with Crippen LogP contribution in [0.2, 0.25) is 0 Å². The number of carbonyl (C=O) groups excluding carboxylic acids is 4. The standard InChI is InChI=1S/C38H46F2N6O6/c1-5-31(41)37(49)45-17-25(51-19(3)47)13-23(45)15-29-27-9-7-21(39)11-33(27)43-35(29)36-30(28-10-8-22(40)12-34(28)44-36)16-24-14-26(52-20(4)48)18-46(24)38(50)32(42)6-2/h7-12,23-26,31-32,43-44H,5-6,13-18,41-42H2,1-4H3/t23-,24-,25-,26?,31-,32-/m0/s1. The summed E-state index contributed by atoms with van der Waals surface area (Å²) >= 11 is 0. The molecule has 4 heterocycles. The van der Waals surface area contributed by atoms with Gasteiger partial charge < -0.3 is 40.7 Å². The molecule has 2 aromatic carbocycles. The molecular formula is C38H46F2N6O6. The van der Waals surface area contributed by atoms with Gasteiger partial charge >= 0.3 is 11.9 Å². The summed E-state index contributed by atoms with van der Waals surface area (Å²) in [6.45, 7) is 6.69. The first kappa shape index (κ1) is 37.0. The Labute approximate surface area is 300 Å². The van der Waals surface area contributed by atoms with Gasteiger partial charge in [-0.15, -0.1) is 0 Å². The topological polar surface area (TPSA) is 177 Å². The van der Waals surface area contributed by atoms with Gasteiger partial charge in [-0.1, -0.05) is 13.8 Å². The van der Waals surface area contributed by atoms with Gasteiger partial charge in [0, 0.05) is 60.6 Å². The highest BCUT2D eigenvalue weighted by molar-refractivity contribution is 5.96. The van der Waals surface area contributed by atoms with Gasteiger partial charge in [-0.25, -0.2) is 8.78 Å². The predicted octanol–water partition coefficient (Wildman–Crippen LogP) is 4.22. The number of ether oxygens (including phenoxy) is 2. The van der Waals surface area contributed by atoms with E-state index in [0.29, 0.717) is 60.9 Å². The number of nitrogens with two attached hydrogens (primary N) is 2. The van der Waals surface area contributed by atoms with Crippen molar-refractivity contribution in [3.8, 4) is 11.4 Å². The average molecular weight is 721 g/mol. The molecule has 6 N–H and O–H groups in total. The van der Waals surface area contributed by atoms with E-state index in [1.54, 1.807) is 21.9 Å². The Morgan fingerprint density at radius 3 is 1.46 bits per heavy atom. The second-order valence-electron chi connectivity index (χ2n) is 14.0. The van der Waals surface area contributed by atoms with Crippen molar-refractivity contribution in [1.82, 2.24) is 19.8 Å². The van der Waals surface area contributed by atoms with Crippen LogP contribution in [0.1, 0.15) is 64.5 Å². The smallest absolute Gasteiger partial charge is 0.302 e.